The number of nitrogens with one attached hydrogen (secondary N) is 1. The average molecular weight is 447 g/mol. The van der Waals surface area contributed by atoms with Crippen LogP contribution in [0.4, 0.5) is 0 Å². The Morgan fingerprint density at radius 3 is 2.47 bits per heavy atom. The van der Waals surface area contributed by atoms with Crippen molar-refractivity contribution < 1.29 is 14.2 Å². The molecule has 4 aromatic rings. The summed E-state index contributed by atoms with van der Waals surface area (Å²) in [5, 5.41) is 11.6. The van der Waals surface area contributed by atoms with E-state index in [4.69, 9.17) is 26.4 Å². The van der Waals surface area contributed by atoms with Gasteiger partial charge in [0.25, 0.3) is 0 Å². The van der Waals surface area contributed by atoms with Crippen LogP contribution in [-0.4, -0.2) is 35.3 Å². The van der Waals surface area contributed by atoms with E-state index in [-0.39, 0.29) is 0 Å². The van der Waals surface area contributed by atoms with Crippen molar-refractivity contribution in [3.8, 4) is 28.6 Å². The Hall–Kier alpha value is -3.91. The molecule has 7 nitrogen and oxygen atoms in total. The molecule has 0 radical (unpaired) electrons. The Bertz CT molecular complexity index is 1280. The summed E-state index contributed by atoms with van der Waals surface area (Å²) in [5.41, 5.74) is 2.68. The number of hydrogen-bond donors (Lipinski definition) is 1. The Kier molecular flexibility index (Phi) is 6.62. The van der Waals surface area contributed by atoms with Crippen LogP contribution in [0.1, 0.15) is 11.1 Å². The Morgan fingerprint density at radius 2 is 1.69 bits per heavy atom. The highest BCUT2D eigenvalue weighted by Crippen LogP contribution is 2.29. The summed E-state index contributed by atoms with van der Waals surface area (Å²) in [4.78, 5) is 0. The monoisotopic (exact) mass is 446 g/mol. The first-order valence-corrected chi connectivity index (χ1v) is 10.3. The zero-order valence-electron chi connectivity index (χ0n) is 17.7. The van der Waals surface area contributed by atoms with Gasteiger partial charge in [0.2, 0.25) is 4.77 Å². The minimum Gasteiger partial charge on any atom is -0.496 e. The van der Waals surface area contributed by atoms with Crippen LogP contribution in [0.3, 0.4) is 0 Å². The third kappa shape index (κ3) is 4.70. The number of hydrogen-bond acceptors (Lipinski definition) is 6. The molecule has 0 atom stereocenters. The highest BCUT2D eigenvalue weighted by molar-refractivity contribution is 7.71. The molecule has 1 aromatic heterocycles. The van der Waals surface area contributed by atoms with Gasteiger partial charge in [0, 0.05) is 0 Å². The molecule has 0 amide bonds. The maximum absolute atomic E-state index is 5.92. The molecule has 0 aliphatic rings. The van der Waals surface area contributed by atoms with Gasteiger partial charge in [-0.1, -0.05) is 42.5 Å². The van der Waals surface area contributed by atoms with Gasteiger partial charge in [0.1, 0.15) is 12.4 Å². The maximum Gasteiger partial charge on any atom is 0.216 e. The van der Waals surface area contributed by atoms with E-state index >= 15 is 0 Å². The predicted molar refractivity (Wildman–Crippen MR) is 126 cm³/mol. The fraction of sp³-hybridized carbons (Fsp3) is 0.125. The molecule has 3 aromatic carbocycles. The predicted octanol–water partition coefficient (Wildman–Crippen LogP) is 5.09. The van der Waals surface area contributed by atoms with Crippen LogP contribution in [0.15, 0.2) is 77.9 Å². The Morgan fingerprint density at radius 1 is 0.938 bits per heavy atom. The van der Waals surface area contributed by atoms with Crippen molar-refractivity contribution in [2.24, 2.45) is 5.10 Å². The first kappa shape index (κ1) is 21.3. The van der Waals surface area contributed by atoms with E-state index in [9.17, 15) is 0 Å². The van der Waals surface area contributed by atoms with Crippen LogP contribution in [0.2, 0.25) is 0 Å². The minimum absolute atomic E-state index is 0.372. The molecule has 0 saturated carbocycles. The molecule has 1 N–H and O–H groups in total. The van der Waals surface area contributed by atoms with Gasteiger partial charge in [-0.2, -0.15) is 14.9 Å². The first-order chi connectivity index (χ1) is 15.7. The SMILES string of the molecule is COc1cc(/C=N/n2c(-c3ccccc3OC)n[nH]c2=S)ccc1OCc1ccccc1. The van der Waals surface area contributed by atoms with E-state index in [1.807, 2.05) is 72.8 Å². The Labute approximate surface area is 190 Å². The molecular formula is C24H22N4O3S. The van der Waals surface area contributed by atoms with Crippen LogP contribution in [0.25, 0.3) is 11.4 Å². The van der Waals surface area contributed by atoms with Crippen molar-refractivity contribution in [1.29, 1.82) is 0 Å². The topological polar surface area (TPSA) is 73.7 Å². The Balaban J connectivity index is 1.58. The molecule has 0 fully saturated rings. The number of ether oxygens (including phenoxy) is 3. The average Bonchev–Trinajstić information content (AvgIpc) is 3.22. The highest BCUT2D eigenvalue weighted by atomic mass is 32.1. The van der Waals surface area contributed by atoms with Gasteiger partial charge in [-0.25, -0.2) is 5.10 Å². The first-order valence-electron chi connectivity index (χ1n) is 9.89. The van der Waals surface area contributed by atoms with Gasteiger partial charge < -0.3 is 14.2 Å². The van der Waals surface area contributed by atoms with Crippen LogP contribution in [0, 0.1) is 4.77 Å². The molecule has 0 aliphatic heterocycles. The second kappa shape index (κ2) is 9.93. The third-order valence-corrected chi connectivity index (χ3v) is 5.01. The number of methoxy groups -OCH3 is 2. The molecule has 162 valence electrons. The number of rotatable bonds is 8. The number of para-hydroxylation sites is 1. The van der Waals surface area contributed by atoms with E-state index in [1.54, 1.807) is 25.1 Å². The number of aromatic amines is 1. The number of H-pyrrole nitrogens is 1. The van der Waals surface area contributed by atoms with E-state index in [0.717, 1.165) is 16.7 Å². The van der Waals surface area contributed by atoms with E-state index < -0.39 is 0 Å². The fourth-order valence-electron chi connectivity index (χ4n) is 3.15. The number of benzene rings is 3. The fourth-order valence-corrected chi connectivity index (χ4v) is 3.33. The van der Waals surface area contributed by atoms with Gasteiger partial charge in [-0.3, -0.25) is 0 Å². The molecule has 0 spiro atoms. The number of aromatic nitrogens is 3. The highest BCUT2D eigenvalue weighted by Gasteiger charge is 2.13. The molecule has 8 heteroatoms. The van der Waals surface area contributed by atoms with Gasteiger partial charge in [-0.05, 0) is 53.7 Å². The standard InChI is InChI=1S/C24H22N4O3S/c1-29-20-11-7-6-10-19(20)23-26-27-24(32)28(23)25-15-18-12-13-21(22(14-18)30-2)31-16-17-8-4-3-5-9-17/h3-15H,16H2,1-2H3,(H,27,32)/b25-15+. The lowest BCUT2D eigenvalue weighted by atomic mass is 10.2. The summed E-state index contributed by atoms with van der Waals surface area (Å²) in [6.07, 6.45) is 1.69. The van der Waals surface area contributed by atoms with Gasteiger partial charge >= 0.3 is 0 Å². The van der Waals surface area contributed by atoms with Crippen LogP contribution in [-0.2, 0) is 6.61 Å². The van der Waals surface area contributed by atoms with E-state index in [1.165, 1.54) is 0 Å². The molecule has 4 rings (SSSR count). The molecule has 32 heavy (non-hydrogen) atoms. The normalized spacial score (nSPS) is 10.9. The molecular weight excluding hydrogens is 424 g/mol. The summed E-state index contributed by atoms with van der Waals surface area (Å²) < 4.78 is 18.8. The van der Waals surface area contributed by atoms with Crippen molar-refractivity contribution in [3.05, 3.63) is 88.7 Å². The summed E-state index contributed by atoms with van der Waals surface area (Å²) in [5.74, 6) is 2.51. The van der Waals surface area contributed by atoms with Crippen molar-refractivity contribution in [2.45, 2.75) is 6.61 Å². The molecule has 0 unspecified atom stereocenters. The van der Waals surface area contributed by atoms with Crippen LogP contribution >= 0.6 is 12.2 Å². The van der Waals surface area contributed by atoms with Crippen LogP contribution < -0.4 is 14.2 Å². The largest absolute Gasteiger partial charge is 0.496 e. The van der Waals surface area contributed by atoms with Crippen molar-refractivity contribution >= 4 is 18.4 Å². The quantitative estimate of drug-likeness (QED) is 0.302. The van der Waals surface area contributed by atoms with E-state index in [0.29, 0.717) is 34.5 Å². The number of nitrogens with zero attached hydrogens (tertiary/aromatic N) is 3. The summed E-state index contributed by atoms with van der Waals surface area (Å²) in [6.45, 7) is 0.455. The maximum atomic E-state index is 5.92. The van der Waals surface area contributed by atoms with E-state index in [2.05, 4.69) is 15.3 Å². The smallest absolute Gasteiger partial charge is 0.216 e. The van der Waals surface area contributed by atoms with Gasteiger partial charge in [-0.15, -0.1) is 0 Å². The summed E-state index contributed by atoms with van der Waals surface area (Å²) in [6, 6.07) is 23.2. The summed E-state index contributed by atoms with van der Waals surface area (Å²) >= 11 is 5.36. The second-order valence-electron chi connectivity index (χ2n) is 6.79. The lowest BCUT2D eigenvalue weighted by Gasteiger charge is -2.11. The minimum atomic E-state index is 0.372. The molecule has 1 heterocycles. The molecule has 0 aliphatic carbocycles. The summed E-state index contributed by atoms with van der Waals surface area (Å²) in [7, 11) is 3.22. The van der Waals surface area contributed by atoms with Gasteiger partial charge in [0.15, 0.2) is 17.3 Å². The second-order valence-corrected chi connectivity index (χ2v) is 7.18. The lowest BCUT2D eigenvalue weighted by Crippen LogP contribution is -1.99. The van der Waals surface area contributed by atoms with Crippen molar-refractivity contribution in [3.63, 3.8) is 0 Å². The molecule has 0 saturated heterocycles. The zero-order chi connectivity index (χ0) is 22.3. The van der Waals surface area contributed by atoms with Crippen molar-refractivity contribution in [1.82, 2.24) is 14.9 Å². The van der Waals surface area contributed by atoms with Gasteiger partial charge in [0.05, 0.1) is 26.0 Å². The molecule has 0 bridgehead atoms. The zero-order valence-corrected chi connectivity index (χ0v) is 18.5. The van der Waals surface area contributed by atoms with Crippen molar-refractivity contribution in [2.75, 3.05) is 14.2 Å². The lowest BCUT2D eigenvalue weighted by molar-refractivity contribution is 0.284. The van der Waals surface area contributed by atoms with Crippen LogP contribution in [0.5, 0.6) is 17.2 Å². The third-order valence-electron chi connectivity index (χ3n) is 4.75.